The zero-order chi connectivity index (χ0) is 21.6. The summed E-state index contributed by atoms with van der Waals surface area (Å²) < 4.78 is 5.90. The van der Waals surface area contributed by atoms with Crippen LogP contribution in [-0.4, -0.2) is 12.1 Å². The van der Waals surface area contributed by atoms with E-state index in [0.717, 1.165) is 11.1 Å². The second kappa shape index (κ2) is 9.59. The minimum Gasteiger partial charge on any atom is -0.488 e. The van der Waals surface area contributed by atoms with Crippen LogP contribution in [0.2, 0.25) is 5.02 Å². The molecule has 0 atom stereocenters. The summed E-state index contributed by atoms with van der Waals surface area (Å²) in [4.78, 5) is 12.4. The van der Waals surface area contributed by atoms with Crippen molar-refractivity contribution < 1.29 is 9.53 Å². The molecule has 30 heavy (non-hydrogen) atoms. The van der Waals surface area contributed by atoms with Gasteiger partial charge in [0.2, 0.25) is 0 Å². The van der Waals surface area contributed by atoms with E-state index in [1.54, 1.807) is 6.21 Å². The molecule has 0 aliphatic carbocycles. The maximum atomic E-state index is 12.4. The first-order valence-electron chi connectivity index (χ1n) is 9.73. The first kappa shape index (κ1) is 21.6. The molecular formula is C25H25ClN2O2. The third-order valence-corrected chi connectivity index (χ3v) is 4.86. The quantitative estimate of drug-likeness (QED) is 0.394. The van der Waals surface area contributed by atoms with Gasteiger partial charge in [-0.1, -0.05) is 68.8 Å². The Morgan fingerprint density at radius 1 is 1.00 bits per heavy atom. The van der Waals surface area contributed by atoms with Crippen LogP contribution in [0, 0.1) is 0 Å². The highest BCUT2D eigenvalue weighted by Crippen LogP contribution is 2.22. The molecule has 0 bridgehead atoms. The summed E-state index contributed by atoms with van der Waals surface area (Å²) in [7, 11) is 0. The normalized spacial score (nSPS) is 11.5. The fourth-order valence-electron chi connectivity index (χ4n) is 2.81. The first-order chi connectivity index (χ1) is 14.3. The highest BCUT2D eigenvalue weighted by molar-refractivity contribution is 6.30. The van der Waals surface area contributed by atoms with Crippen molar-refractivity contribution in [2.24, 2.45) is 5.10 Å². The predicted octanol–water partition coefficient (Wildman–Crippen LogP) is 5.98. The van der Waals surface area contributed by atoms with Crippen LogP contribution in [0.1, 0.15) is 47.8 Å². The maximum absolute atomic E-state index is 12.4. The lowest BCUT2D eigenvalue weighted by Crippen LogP contribution is -2.18. The van der Waals surface area contributed by atoms with E-state index in [1.165, 1.54) is 5.56 Å². The maximum Gasteiger partial charge on any atom is 0.271 e. The van der Waals surface area contributed by atoms with Crippen LogP contribution in [0.15, 0.2) is 77.9 Å². The molecule has 0 saturated heterocycles. The van der Waals surface area contributed by atoms with Crippen LogP contribution in [0.5, 0.6) is 5.75 Å². The number of nitrogens with one attached hydrogen (secondary N) is 1. The predicted molar refractivity (Wildman–Crippen MR) is 122 cm³/mol. The molecule has 0 heterocycles. The van der Waals surface area contributed by atoms with E-state index in [4.69, 9.17) is 16.3 Å². The molecule has 1 amide bonds. The number of carbonyl (C=O) groups excluding carboxylic acids is 1. The summed E-state index contributed by atoms with van der Waals surface area (Å²) in [5.41, 5.74) is 6.14. The number of hydrogen-bond acceptors (Lipinski definition) is 3. The average molecular weight is 421 g/mol. The Kier molecular flexibility index (Phi) is 6.91. The number of nitrogens with zero attached hydrogens (tertiary/aromatic N) is 1. The Hall–Kier alpha value is -3.11. The van der Waals surface area contributed by atoms with Crippen molar-refractivity contribution in [3.05, 3.63) is 100 Å². The van der Waals surface area contributed by atoms with Crippen molar-refractivity contribution in [2.75, 3.05) is 0 Å². The van der Waals surface area contributed by atoms with E-state index in [9.17, 15) is 4.79 Å². The topological polar surface area (TPSA) is 50.7 Å². The number of halogens is 1. The van der Waals surface area contributed by atoms with Crippen molar-refractivity contribution in [3.8, 4) is 5.75 Å². The summed E-state index contributed by atoms with van der Waals surface area (Å²) in [6.45, 7) is 6.82. The lowest BCUT2D eigenvalue weighted by molar-refractivity contribution is 0.0955. The molecule has 4 nitrogen and oxygen atoms in total. The second-order valence-corrected chi connectivity index (χ2v) is 8.42. The molecule has 0 aromatic heterocycles. The molecule has 0 saturated carbocycles. The van der Waals surface area contributed by atoms with Gasteiger partial charge in [0.25, 0.3) is 5.91 Å². The van der Waals surface area contributed by atoms with Crippen LogP contribution < -0.4 is 10.2 Å². The van der Waals surface area contributed by atoms with Gasteiger partial charge in [-0.05, 0) is 52.9 Å². The lowest BCUT2D eigenvalue weighted by Gasteiger charge is -2.18. The number of benzene rings is 3. The summed E-state index contributed by atoms with van der Waals surface area (Å²) in [5.74, 6) is 0.422. The summed E-state index contributed by atoms with van der Waals surface area (Å²) in [6, 6.07) is 22.6. The van der Waals surface area contributed by atoms with Crippen molar-refractivity contribution in [2.45, 2.75) is 32.8 Å². The minimum absolute atomic E-state index is 0.0445. The van der Waals surface area contributed by atoms with Crippen LogP contribution in [0.4, 0.5) is 0 Å². The van der Waals surface area contributed by atoms with Gasteiger partial charge in [0.15, 0.2) is 0 Å². The number of amides is 1. The van der Waals surface area contributed by atoms with Crippen LogP contribution in [0.25, 0.3) is 0 Å². The number of rotatable bonds is 6. The monoisotopic (exact) mass is 420 g/mol. The number of carbonyl (C=O) groups is 1. The molecule has 3 rings (SSSR count). The third kappa shape index (κ3) is 5.94. The lowest BCUT2D eigenvalue weighted by atomic mass is 9.87. The molecule has 0 unspecified atom stereocenters. The standard InChI is InChI=1S/C25H25ClN2O2/c1-25(2,3)21-12-10-19(11-13-21)24(29)28-27-16-20-6-4-5-7-23(20)30-17-18-8-14-22(26)15-9-18/h4-16H,17H2,1-3H3,(H,28,29)/b27-16+. The van der Waals surface area contributed by atoms with Crippen LogP contribution in [0.3, 0.4) is 0 Å². The van der Waals surface area contributed by atoms with Gasteiger partial charge < -0.3 is 4.74 Å². The molecule has 3 aromatic rings. The van der Waals surface area contributed by atoms with Gasteiger partial charge in [-0.3, -0.25) is 4.79 Å². The van der Waals surface area contributed by atoms with Crippen molar-refractivity contribution >= 4 is 23.7 Å². The van der Waals surface area contributed by atoms with E-state index in [-0.39, 0.29) is 11.3 Å². The van der Waals surface area contributed by atoms with E-state index < -0.39 is 0 Å². The molecule has 3 aromatic carbocycles. The molecule has 0 spiro atoms. The van der Waals surface area contributed by atoms with Gasteiger partial charge in [0, 0.05) is 16.1 Å². The SMILES string of the molecule is CC(C)(C)c1ccc(C(=O)N/N=C/c2ccccc2OCc2ccc(Cl)cc2)cc1. The number of para-hydroxylation sites is 1. The van der Waals surface area contributed by atoms with Gasteiger partial charge in [-0.25, -0.2) is 5.43 Å². The highest BCUT2D eigenvalue weighted by Gasteiger charge is 2.14. The molecule has 1 N–H and O–H groups in total. The van der Waals surface area contributed by atoms with E-state index >= 15 is 0 Å². The number of ether oxygens (including phenoxy) is 1. The summed E-state index contributed by atoms with van der Waals surface area (Å²) in [6.07, 6.45) is 1.58. The van der Waals surface area contributed by atoms with Gasteiger partial charge >= 0.3 is 0 Å². The highest BCUT2D eigenvalue weighted by atomic mass is 35.5. The molecule has 0 radical (unpaired) electrons. The second-order valence-electron chi connectivity index (χ2n) is 7.98. The molecular weight excluding hydrogens is 396 g/mol. The van der Waals surface area contributed by atoms with Crippen molar-refractivity contribution in [1.29, 1.82) is 0 Å². The zero-order valence-electron chi connectivity index (χ0n) is 17.4. The molecule has 154 valence electrons. The Balaban J connectivity index is 1.62. The van der Waals surface area contributed by atoms with Crippen LogP contribution in [-0.2, 0) is 12.0 Å². The first-order valence-corrected chi connectivity index (χ1v) is 10.1. The number of hydrogen-bond donors (Lipinski definition) is 1. The van der Waals surface area contributed by atoms with Gasteiger partial charge in [0.1, 0.15) is 12.4 Å². The van der Waals surface area contributed by atoms with Gasteiger partial charge in [-0.15, -0.1) is 0 Å². The van der Waals surface area contributed by atoms with Gasteiger partial charge in [-0.2, -0.15) is 5.10 Å². The number of hydrazone groups is 1. The zero-order valence-corrected chi connectivity index (χ0v) is 18.1. The van der Waals surface area contributed by atoms with Gasteiger partial charge in [0.05, 0.1) is 6.21 Å². The van der Waals surface area contributed by atoms with E-state index in [0.29, 0.717) is 22.9 Å². The third-order valence-electron chi connectivity index (χ3n) is 4.61. The average Bonchev–Trinajstić information content (AvgIpc) is 2.73. The Bertz CT molecular complexity index is 1020. The smallest absolute Gasteiger partial charge is 0.271 e. The van der Waals surface area contributed by atoms with Crippen molar-refractivity contribution in [1.82, 2.24) is 5.43 Å². The molecule has 0 aliphatic rings. The van der Waals surface area contributed by atoms with E-state index in [2.05, 4.69) is 31.3 Å². The fraction of sp³-hybridized carbons (Fsp3) is 0.200. The summed E-state index contributed by atoms with van der Waals surface area (Å²) in [5, 5.41) is 4.78. The van der Waals surface area contributed by atoms with E-state index in [1.807, 2.05) is 72.8 Å². The molecule has 0 fully saturated rings. The largest absolute Gasteiger partial charge is 0.488 e. The summed E-state index contributed by atoms with van der Waals surface area (Å²) >= 11 is 5.92. The fourth-order valence-corrected chi connectivity index (χ4v) is 2.93. The Morgan fingerprint density at radius 3 is 2.33 bits per heavy atom. The molecule has 0 aliphatic heterocycles. The van der Waals surface area contributed by atoms with Crippen LogP contribution >= 0.6 is 11.6 Å². The Labute approximate surface area is 182 Å². The minimum atomic E-state index is -0.258. The molecule has 5 heteroatoms. The van der Waals surface area contributed by atoms with Crippen molar-refractivity contribution in [3.63, 3.8) is 0 Å². The Morgan fingerprint density at radius 2 is 1.67 bits per heavy atom.